The Labute approximate surface area is 242 Å². The Morgan fingerprint density at radius 1 is 1.27 bits per heavy atom. The number of nitrogens with one attached hydrogen (secondary N) is 1. The van der Waals surface area contributed by atoms with E-state index in [1.54, 1.807) is 24.3 Å². The van der Waals surface area contributed by atoms with Crippen molar-refractivity contribution >= 4 is 37.6 Å². The number of sulfone groups is 1. The first-order valence-electron chi connectivity index (χ1n) is 13.2. The molecule has 40 heavy (non-hydrogen) atoms. The van der Waals surface area contributed by atoms with Crippen LogP contribution in [0.15, 0.2) is 24.3 Å². The normalized spacial score (nSPS) is 16.4. The van der Waals surface area contributed by atoms with Gasteiger partial charge in [0, 0.05) is 30.5 Å². The Hall–Kier alpha value is -2.79. The average Bonchev–Trinajstić information content (AvgIpc) is 3.65. The van der Waals surface area contributed by atoms with E-state index < -0.39 is 31.8 Å². The van der Waals surface area contributed by atoms with Crippen LogP contribution in [-0.4, -0.2) is 87.8 Å². The van der Waals surface area contributed by atoms with E-state index >= 15 is 0 Å². The summed E-state index contributed by atoms with van der Waals surface area (Å²) in [4.78, 5) is 28.5. The maximum Gasteiger partial charge on any atom is 0.272 e. The molecular formula is C27H34BrN5O6S. The zero-order chi connectivity index (χ0) is 29.1. The van der Waals surface area contributed by atoms with Crippen LogP contribution in [0.25, 0.3) is 0 Å². The number of hydrogen-bond donors (Lipinski definition) is 2. The number of fused-ring (bicyclic) bond motifs is 1. The van der Waals surface area contributed by atoms with Gasteiger partial charge >= 0.3 is 0 Å². The number of aliphatic hydroxyl groups excluding tert-OH is 1. The molecule has 0 radical (unpaired) electrons. The summed E-state index contributed by atoms with van der Waals surface area (Å²) in [6, 6.07) is 8.92. The summed E-state index contributed by atoms with van der Waals surface area (Å²) in [6.07, 6.45) is 1.21. The number of hydrogen-bond acceptors (Lipinski definition) is 8. The van der Waals surface area contributed by atoms with Crippen LogP contribution in [0.5, 0.6) is 0 Å². The molecule has 1 aromatic heterocycles. The van der Waals surface area contributed by atoms with Gasteiger partial charge in [-0.3, -0.25) is 14.3 Å². The minimum Gasteiger partial charge on any atom is -0.395 e. The van der Waals surface area contributed by atoms with Gasteiger partial charge in [-0.1, -0.05) is 28.1 Å². The molecule has 2 heterocycles. The van der Waals surface area contributed by atoms with Gasteiger partial charge in [-0.25, -0.2) is 8.42 Å². The minimum absolute atomic E-state index is 0.0303. The Kier molecular flexibility index (Phi) is 9.04. The molecular weight excluding hydrogens is 602 g/mol. The molecule has 13 heteroatoms. The fourth-order valence-electron chi connectivity index (χ4n) is 4.91. The van der Waals surface area contributed by atoms with Gasteiger partial charge in [0.1, 0.15) is 5.69 Å². The first-order chi connectivity index (χ1) is 19.0. The molecule has 0 unspecified atom stereocenters. The van der Waals surface area contributed by atoms with Crippen LogP contribution < -0.4 is 5.32 Å². The zero-order valence-corrected chi connectivity index (χ0v) is 25.1. The van der Waals surface area contributed by atoms with Crippen molar-refractivity contribution in [2.75, 3.05) is 38.2 Å². The van der Waals surface area contributed by atoms with Crippen molar-refractivity contribution in [1.82, 2.24) is 20.0 Å². The number of nitrogens with zero attached hydrogens (tertiary/aromatic N) is 4. The van der Waals surface area contributed by atoms with Crippen LogP contribution in [0.2, 0.25) is 0 Å². The van der Waals surface area contributed by atoms with Crippen LogP contribution in [0.1, 0.15) is 64.4 Å². The number of alkyl halides is 1. The molecule has 2 N–H and O–H groups in total. The Morgan fingerprint density at radius 3 is 2.58 bits per heavy atom. The Bertz CT molecular complexity index is 1410. The minimum atomic E-state index is -3.73. The maximum absolute atomic E-state index is 13.8. The van der Waals surface area contributed by atoms with E-state index in [1.165, 1.54) is 23.4 Å². The second-order valence-corrected chi connectivity index (χ2v) is 14.5. The summed E-state index contributed by atoms with van der Waals surface area (Å²) < 4.78 is 31.4. The third-order valence-electron chi connectivity index (χ3n) is 7.56. The number of nitriles is 1. The van der Waals surface area contributed by atoms with E-state index in [1.807, 2.05) is 0 Å². The molecule has 0 atom stereocenters. The molecule has 2 amide bonds. The molecule has 1 aromatic carbocycles. The van der Waals surface area contributed by atoms with Gasteiger partial charge in [0.05, 0.1) is 47.5 Å². The largest absolute Gasteiger partial charge is 0.395 e. The fraction of sp³-hybridized carbons (Fsp3) is 0.556. The molecule has 0 saturated heterocycles. The van der Waals surface area contributed by atoms with Crippen LogP contribution >= 0.6 is 15.9 Å². The maximum atomic E-state index is 13.8. The van der Waals surface area contributed by atoms with E-state index in [9.17, 15) is 23.1 Å². The molecule has 0 bridgehead atoms. The summed E-state index contributed by atoms with van der Waals surface area (Å²) in [6.45, 7) is 4.02. The second-order valence-electron chi connectivity index (χ2n) is 10.8. The molecule has 1 aliphatic carbocycles. The number of ether oxygens (including phenoxy) is 1. The number of aliphatic hydroxyl groups is 1. The molecule has 4 rings (SSSR count). The Balaban J connectivity index is 1.57. The third kappa shape index (κ3) is 5.81. The van der Waals surface area contributed by atoms with Gasteiger partial charge in [0.2, 0.25) is 0 Å². The number of benzene rings is 1. The standard InChI is InChI=1S/C27H34BrN5O6S/c1-26(2,18-34)40(37,38)27(8-9-27)17-32-11-7-21-22(24(35)30-16-20-5-3-19(15-29)4-6-20)31-33(23(21)25(32)36)12-14-39-13-10-28/h3-6,34H,7-14,16-18H2,1-2H3,(H,30,35). The van der Waals surface area contributed by atoms with E-state index in [2.05, 4.69) is 32.4 Å². The van der Waals surface area contributed by atoms with Crippen molar-refractivity contribution in [2.24, 2.45) is 0 Å². The lowest BCUT2D eigenvalue weighted by atomic mass is 10.0. The number of rotatable bonds is 13. The summed E-state index contributed by atoms with van der Waals surface area (Å²) in [7, 11) is -3.73. The van der Waals surface area contributed by atoms with Crippen molar-refractivity contribution in [3.8, 4) is 6.07 Å². The fourth-order valence-corrected chi connectivity index (χ4v) is 7.45. The highest BCUT2D eigenvalue weighted by Crippen LogP contribution is 2.49. The summed E-state index contributed by atoms with van der Waals surface area (Å²) >= 11 is 3.31. The Morgan fingerprint density at radius 2 is 1.98 bits per heavy atom. The van der Waals surface area contributed by atoms with E-state index in [0.717, 1.165) is 5.56 Å². The highest BCUT2D eigenvalue weighted by molar-refractivity contribution is 9.09. The van der Waals surface area contributed by atoms with Crippen LogP contribution in [0.3, 0.4) is 0 Å². The quantitative estimate of drug-likeness (QED) is 0.249. The summed E-state index contributed by atoms with van der Waals surface area (Å²) in [5.41, 5.74) is 2.29. The molecule has 0 spiro atoms. The lowest BCUT2D eigenvalue weighted by Crippen LogP contribution is -2.51. The lowest BCUT2D eigenvalue weighted by Gasteiger charge is -2.34. The van der Waals surface area contributed by atoms with Crippen molar-refractivity contribution in [3.05, 3.63) is 52.3 Å². The summed E-state index contributed by atoms with van der Waals surface area (Å²) in [5, 5.41) is 26.7. The van der Waals surface area contributed by atoms with Crippen molar-refractivity contribution < 1.29 is 27.9 Å². The monoisotopic (exact) mass is 635 g/mol. The van der Waals surface area contributed by atoms with Crippen LogP contribution in [0, 0.1) is 11.3 Å². The van der Waals surface area contributed by atoms with Gasteiger partial charge < -0.3 is 20.1 Å². The van der Waals surface area contributed by atoms with E-state index in [-0.39, 0.29) is 50.1 Å². The highest BCUT2D eigenvalue weighted by Gasteiger charge is 2.60. The number of halogens is 1. The number of aromatic nitrogens is 2. The highest BCUT2D eigenvalue weighted by atomic mass is 79.9. The lowest BCUT2D eigenvalue weighted by molar-refractivity contribution is 0.0716. The second kappa shape index (κ2) is 12.0. The average molecular weight is 637 g/mol. The number of carbonyl (C=O) groups excluding carboxylic acids is 2. The zero-order valence-electron chi connectivity index (χ0n) is 22.7. The predicted molar refractivity (Wildman–Crippen MR) is 151 cm³/mol. The molecule has 1 saturated carbocycles. The van der Waals surface area contributed by atoms with Crippen molar-refractivity contribution in [1.29, 1.82) is 5.26 Å². The van der Waals surface area contributed by atoms with Gasteiger partial charge in [0.25, 0.3) is 11.8 Å². The number of amides is 2. The molecule has 1 fully saturated rings. The van der Waals surface area contributed by atoms with Gasteiger partial charge in [-0.15, -0.1) is 0 Å². The molecule has 2 aliphatic rings. The SMILES string of the molecule is CC(C)(CO)S(=O)(=O)C1(CN2CCc3c(C(=O)NCc4ccc(C#N)cc4)nn(CCOCCBr)c3C2=O)CC1. The smallest absolute Gasteiger partial charge is 0.272 e. The molecule has 11 nitrogen and oxygen atoms in total. The van der Waals surface area contributed by atoms with E-state index in [0.29, 0.717) is 42.3 Å². The topological polar surface area (TPSA) is 155 Å². The van der Waals surface area contributed by atoms with Gasteiger partial charge in [-0.05, 0) is 50.8 Å². The third-order valence-corrected chi connectivity index (χ3v) is 11.1. The summed E-state index contributed by atoms with van der Waals surface area (Å²) in [5.74, 6) is -0.795. The van der Waals surface area contributed by atoms with Crippen LogP contribution in [0.4, 0.5) is 0 Å². The van der Waals surface area contributed by atoms with Crippen LogP contribution in [-0.2, 0) is 34.1 Å². The number of carbonyl (C=O) groups is 2. The first-order valence-corrected chi connectivity index (χ1v) is 15.8. The molecule has 1 aliphatic heterocycles. The molecule has 2 aromatic rings. The first kappa shape index (κ1) is 30.2. The molecule has 216 valence electrons. The van der Waals surface area contributed by atoms with Gasteiger partial charge in [-0.2, -0.15) is 10.4 Å². The van der Waals surface area contributed by atoms with E-state index in [4.69, 9.17) is 10.00 Å². The predicted octanol–water partition coefficient (Wildman–Crippen LogP) is 1.81. The van der Waals surface area contributed by atoms with Gasteiger partial charge in [0.15, 0.2) is 15.5 Å². The van der Waals surface area contributed by atoms with Crippen molar-refractivity contribution in [2.45, 2.75) is 55.7 Å². The van der Waals surface area contributed by atoms with Crippen molar-refractivity contribution in [3.63, 3.8) is 0 Å².